The van der Waals surface area contributed by atoms with Crippen molar-refractivity contribution in [2.75, 3.05) is 5.32 Å². The van der Waals surface area contributed by atoms with Gasteiger partial charge in [-0.2, -0.15) is 0 Å². The Kier molecular flexibility index (Phi) is 3.69. The zero-order valence-electron chi connectivity index (χ0n) is 9.93. The molecule has 0 atom stereocenters. The first-order chi connectivity index (χ1) is 9.45. The summed E-state index contributed by atoms with van der Waals surface area (Å²) in [4.78, 5) is 26.0. The largest absolute Gasteiger partial charge is 0.478 e. The van der Waals surface area contributed by atoms with Crippen molar-refractivity contribution in [3.8, 4) is 0 Å². The highest BCUT2D eigenvalue weighted by Crippen LogP contribution is 2.13. The number of carbonyl (C=O) groups is 2. The van der Waals surface area contributed by atoms with Crippen molar-refractivity contribution in [3.05, 3.63) is 59.4 Å². The number of hydrogen-bond donors (Lipinski definition) is 2. The van der Waals surface area contributed by atoms with Crippen LogP contribution < -0.4 is 5.32 Å². The van der Waals surface area contributed by atoms with Crippen LogP contribution in [0.2, 0.25) is 0 Å². The van der Waals surface area contributed by atoms with Crippen LogP contribution in [0.15, 0.2) is 36.5 Å². The van der Waals surface area contributed by atoms with Crippen molar-refractivity contribution in [1.29, 1.82) is 0 Å². The molecule has 0 radical (unpaired) electrons. The Morgan fingerprint density at radius 1 is 1.10 bits per heavy atom. The first-order valence-electron chi connectivity index (χ1n) is 5.42. The summed E-state index contributed by atoms with van der Waals surface area (Å²) in [6.45, 7) is 0. The molecule has 2 rings (SSSR count). The second-order valence-electron chi connectivity index (χ2n) is 3.85. The van der Waals surface area contributed by atoms with Gasteiger partial charge in [0.05, 0.1) is 5.56 Å². The number of pyridine rings is 1. The Labute approximate surface area is 111 Å². The summed E-state index contributed by atoms with van der Waals surface area (Å²) in [7, 11) is 0. The minimum Gasteiger partial charge on any atom is -0.478 e. The van der Waals surface area contributed by atoms with E-state index < -0.39 is 23.5 Å². The number of carbonyl (C=O) groups excluding carboxylic acids is 1. The van der Waals surface area contributed by atoms with Gasteiger partial charge in [-0.3, -0.25) is 9.78 Å². The predicted octanol–water partition coefficient (Wildman–Crippen LogP) is 2.31. The van der Waals surface area contributed by atoms with Gasteiger partial charge in [-0.1, -0.05) is 0 Å². The quantitative estimate of drug-likeness (QED) is 0.903. The Hall–Kier alpha value is -2.83. The Bertz CT molecular complexity index is 652. The van der Waals surface area contributed by atoms with E-state index in [1.165, 1.54) is 12.1 Å². The lowest BCUT2D eigenvalue weighted by molar-refractivity contribution is 0.0695. The molecule has 0 aliphatic heterocycles. The molecule has 0 aliphatic rings. The van der Waals surface area contributed by atoms with Crippen LogP contribution in [0.1, 0.15) is 20.8 Å². The van der Waals surface area contributed by atoms with Crippen LogP contribution in [-0.2, 0) is 0 Å². The summed E-state index contributed by atoms with van der Waals surface area (Å²) in [5.41, 5.74) is -0.199. The number of hydrogen-bond acceptors (Lipinski definition) is 3. The number of nitrogens with one attached hydrogen (secondary N) is 1. The lowest BCUT2D eigenvalue weighted by Crippen LogP contribution is -2.14. The van der Waals surface area contributed by atoms with E-state index in [4.69, 9.17) is 5.11 Å². The fourth-order valence-corrected chi connectivity index (χ4v) is 1.48. The zero-order chi connectivity index (χ0) is 14.7. The van der Waals surface area contributed by atoms with Crippen molar-refractivity contribution in [2.24, 2.45) is 0 Å². The third-order valence-corrected chi connectivity index (χ3v) is 2.36. The number of amides is 1. The van der Waals surface area contributed by atoms with Gasteiger partial charge in [0.1, 0.15) is 17.3 Å². The molecule has 2 aromatic rings. The lowest BCUT2D eigenvalue weighted by Gasteiger charge is -2.05. The molecule has 1 amide bonds. The van der Waals surface area contributed by atoms with Gasteiger partial charge in [0, 0.05) is 18.0 Å². The van der Waals surface area contributed by atoms with Crippen LogP contribution in [-0.4, -0.2) is 22.0 Å². The standard InChI is InChI=1S/C13H8F2N2O3/c14-8-3-9(15)5-10(4-8)17-12(18)11-2-1-7(6-16-11)13(19)20/h1-6H,(H,17,18)(H,19,20). The number of nitrogens with zero attached hydrogens (tertiary/aromatic N) is 1. The van der Waals surface area contributed by atoms with E-state index >= 15 is 0 Å². The molecular weight excluding hydrogens is 270 g/mol. The molecule has 0 spiro atoms. The van der Waals surface area contributed by atoms with Gasteiger partial charge < -0.3 is 10.4 Å². The zero-order valence-corrected chi connectivity index (χ0v) is 9.93. The number of aromatic carboxylic acids is 1. The molecule has 7 heteroatoms. The van der Waals surface area contributed by atoms with Gasteiger partial charge in [-0.25, -0.2) is 13.6 Å². The lowest BCUT2D eigenvalue weighted by atomic mass is 10.2. The fraction of sp³-hybridized carbons (Fsp3) is 0. The van der Waals surface area contributed by atoms with E-state index in [0.29, 0.717) is 6.07 Å². The maximum Gasteiger partial charge on any atom is 0.337 e. The molecule has 0 bridgehead atoms. The number of carboxylic acids is 1. The van der Waals surface area contributed by atoms with Crippen LogP contribution >= 0.6 is 0 Å². The van der Waals surface area contributed by atoms with Crippen molar-refractivity contribution in [3.63, 3.8) is 0 Å². The van der Waals surface area contributed by atoms with E-state index in [0.717, 1.165) is 18.3 Å². The highest BCUT2D eigenvalue weighted by atomic mass is 19.1. The number of aromatic nitrogens is 1. The monoisotopic (exact) mass is 278 g/mol. The van der Waals surface area contributed by atoms with Crippen LogP contribution in [0.4, 0.5) is 14.5 Å². The summed E-state index contributed by atoms with van der Waals surface area (Å²) < 4.78 is 25.9. The highest BCUT2D eigenvalue weighted by Gasteiger charge is 2.11. The number of benzene rings is 1. The first-order valence-corrected chi connectivity index (χ1v) is 5.42. The number of carboxylic acid groups (broad SMARTS) is 1. The van der Waals surface area contributed by atoms with Gasteiger partial charge >= 0.3 is 5.97 Å². The van der Waals surface area contributed by atoms with Crippen molar-refractivity contribution >= 4 is 17.6 Å². The van der Waals surface area contributed by atoms with Gasteiger partial charge in [-0.15, -0.1) is 0 Å². The van der Waals surface area contributed by atoms with Gasteiger partial charge in [0.25, 0.3) is 5.91 Å². The average Bonchev–Trinajstić information content (AvgIpc) is 2.37. The third-order valence-electron chi connectivity index (χ3n) is 2.36. The summed E-state index contributed by atoms with van der Waals surface area (Å²) in [5.74, 6) is -3.52. The molecule has 0 unspecified atom stereocenters. The molecule has 1 aromatic carbocycles. The fourth-order valence-electron chi connectivity index (χ4n) is 1.48. The van der Waals surface area contributed by atoms with Crippen LogP contribution in [0.3, 0.4) is 0 Å². The second kappa shape index (κ2) is 5.43. The molecule has 0 saturated heterocycles. The summed E-state index contributed by atoms with van der Waals surface area (Å²) in [5, 5.41) is 10.9. The number of halogens is 2. The van der Waals surface area contributed by atoms with Crippen molar-refractivity contribution in [1.82, 2.24) is 4.98 Å². The van der Waals surface area contributed by atoms with Gasteiger partial charge in [0.2, 0.25) is 0 Å². The van der Waals surface area contributed by atoms with Crippen molar-refractivity contribution in [2.45, 2.75) is 0 Å². The second-order valence-corrected chi connectivity index (χ2v) is 3.85. The van der Waals surface area contributed by atoms with Gasteiger partial charge in [0.15, 0.2) is 0 Å². The van der Waals surface area contributed by atoms with E-state index in [1.54, 1.807) is 0 Å². The molecule has 1 aromatic heterocycles. The topological polar surface area (TPSA) is 79.3 Å². The molecule has 1 heterocycles. The normalized spacial score (nSPS) is 10.1. The minimum atomic E-state index is -1.17. The molecule has 102 valence electrons. The molecule has 5 nitrogen and oxygen atoms in total. The van der Waals surface area contributed by atoms with Crippen LogP contribution in [0, 0.1) is 11.6 Å². The summed E-state index contributed by atoms with van der Waals surface area (Å²) in [6.07, 6.45) is 1.02. The van der Waals surface area contributed by atoms with E-state index in [9.17, 15) is 18.4 Å². The van der Waals surface area contributed by atoms with Crippen LogP contribution in [0.25, 0.3) is 0 Å². The smallest absolute Gasteiger partial charge is 0.337 e. The Balaban J connectivity index is 2.17. The first kappa shape index (κ1) is 13.6. The summed E-state index contributed by atoms with van der Waals surface area (Å²) >= 11 is 0. The maximum absolute atomic E-state index is 13.0. The highest BCUT2D eigenvalue weighted by molar-refractivity contribution is 6.03. The molecule has 2 N–H and O–H groups in total. The van der Waals surface area contributed by atoms with E-state index in [-0.39, 0.29) is 16.9 Å². The molecule has 20 heavy (non-hydrogen) atoms. The molecule has 0 aliphatic carbocycles. The predicted molar refractivity (Wildman–Crippen MR) is 65.5 cm³/mol. The Morgan fingerprint density at radius 3 is 2.25 bits per heavy atom. The Morgan fingerprint density at radius 2 is 1.75 bits per heavy atom. The SMILES string of the molecule is O=C(O)c1ccc(C(=O)Nc2cc(F)cc(F)c2)nc1. The maximum atomic E-state index is 13.0. The molecular formula is C13H8F2N2O3. The molecule has 0 saturated carbocycles. The summed E-state index contributed by atoms with van der Waals surface area (Å²) in [6, 6.07) is 4.99. The minimum absolute atomic E-state index is 0.0587. The van der Waals surface area contributed by atoms with E-state index in [1.807, 2.05) is 0 Å². The number of anilines is 1. The van der Waals surface area contributed by atoms with Gasteiger partial charge in [-0.05, 0) is 24.3 Å². The third kappa shape index (κ3) is 3.14. The van der Waals surface area contributed by atoms with E-state index in [2.05, 4.69) is 10.3 Å². The average molecular weight is 278 g/mol. The number of rotatable bonds is 3. The van der Waals surface area contributed by atoms with Crippen LogP contribution in [0.5, 0.6) is 0 Å². The molecule has 0 fully saturated rings. The van der Waals surface area contributed by atoms with Crippen molar-refractivity contribution < 1.29 is 23.5 Å².